The summed E-state index contributed by atoms with van der Waals surface area (Å²) in [5.41, 5.74) is 3.81. The van der Waals surface area contributed by atoms with Crippen LogP contribution in [0.2, 0.25) is 5.15 Å². The zero-order valence-electron chi connectivity index (χ0n) is 11.7. The molecule has 0 saturated heterocycles. The number of carbonyl (C=O) groups excluding carboxylic acids is 1. The Morgan fingerprint density at radius 2 is 2.10 bits per heavy atom. The highest BCUT2D eigenvalue weighted by molar-refractivity contribution is 7.98. The van der Waals surface area contributed by atoms with Gasteiger partial charge in [0.25, 0.3) is 0 Å². The van der Waals surface area contributed by atoms with Gasteiger partial charge in [0.1, 0.15) is 5.69 Å². The number of nitrogens with one attached hydrogen (secondary N) is 2. The number of thioether (sulfide) groups is 1. The van der Waals surface area contributed by atoms with Gasteiger partial charge in [0.15, 0.2) is 10.9 Å². The number of hydrogen-bond donors (Lipinski definition) is 2. The number of hydrogen-bond acceptors (Lipinski definition) is 5. The molecule has 0 spiro atoms. The maximum atomic E-state index is 12.1. The van der Waals surface area contributed by atoms with Crippen molar-refractivity contribution in [1.29, 1.82) is 0 Å². The zero-order valence-corrected chi connectivity index (χ0v) is 13.2. The quantitative estimate of drug-likeness (QED) is 0.410. The molecule has 2 heterocycles. The molecule has 21 heavy (non-hydrogen) atoms. The second-order valence-corrected chi connectivity index (χ2v) is 5.83. The van der Waals surface area contributed by atoms with Gasteiger partial charge in [0.05, 0.1) is 22.6 Å². The third kappa shape index (κ3) is 2.36. The minimum Gasteiger partial charge on any atom is -0.350 e. The molecule has 0 fully saturated rings. The third-order valence-corrected chi connectivity index (χ3v) is 4.48. The lowest BCUT2D eigenvalue weighted by Crippen LogP contribution is -2.13. The fourth-order valence-electron chi connectivity index (χ4n) is 2.33. The first-order chi connectivity index (χ1) is 10.2. The summed E-state index contributed by atoms with van der Waals surface area (Å²) in [7, 11) is 0. The van der Waals surface area contributed by atoms with Crippen molar-refractivity contribution in [3.05, 3.63) is 35.1 Å². The number of rotatable bonds is 3. The molecule has 6 heteroatoms. The van der Waals surface area contributed by atoms with Crippen molar-refractivity contribution >= 4 is 51.9 Å². The number of carbonyl (C=O) groups is 1. The Labute approximate surface area is 132 Å². The van der Waals surface area contributed by atoms with Crippen molar-refractivity contribution in [3.8, 4) is 0 Å². The third-order valence-electron chi connectivity index (χ3n) is 3.41. The summed E-state index contributed by atoms with van der Waals surface area (Å²) < 4.78 is 0. The van der Waals surface area contributed by atoms with Gasteiger partial charge in [-0.05, 0) is 18.4 Å². The zero-order chi connectivity index (χ0) is 15.0. The average molecular weight is 320 g/mol. The highest BCUT2D eigenvalue weighted by Gasteiger charge is 2.24. The number of benzene rings is 1. The Morgan fingerprint density at radius 3 is 2.81 bits per heavy atom. The summed E-state index contributed by atoms with van der Waals surface area (Å²) in [4.78, 5) is 17.3. The number of Topliss-reactive ketones (excluding diaryl/α,β-unsaturated/α-hetero) is 1. The van der Waals surface area contributed by atoms with E-state index in [9.17, 15) is 4.79 Å². The number of fused-ring (bicyclic) bond motifs is 2. The van der Waals surface area contributed by atoms with Crippen LogP contribution in [0.3, 0.4) is 0 Å². The number of ketones is 1. The summed E-state index contributed by atoms with van der Waals surface area (Å²) in [6, 6.07) is 5.98. The van der Waals surface area contributed by atoms with E-state index in [4.69, 9.17) is 11.6 Å². The molecule has 4 nitrogen and oxygen atoms in total. The van der Waals surface area contributed by atoms with E-state index in [0.717, 1.165) is 16.3 Å². The minimum atomic E-state index is 0.0369. The van der Waals surface area contributed by atoms with Crippen LogP contribution in [-0.4, -0.2) is 17.0 Å². The Bertz CT molecular complexity index is 733. The Morgan fingerprint density at radius 1 is 1.29 bits per heavy atom. The van der Waals surface area contributed by atoms with E-state index in [2.05, 4.69) is 15.6 Å². The predicted octanol–water partition coefficient (Wildman–Crippen LogP) is 4.85. The van der Waals surface area contributed by atoms with E-state index in [0.29, 0.717) is 28.5 Å². The summed E-state index contributed by atoms with van der Waals surface area (Å²) in [6.45, 7) is 1.83. The molecule has 1 aliphatic heterocycles. The van der Waals surface area contributed by atoms with Crippen molar-refractivity contribution in [3.63, 3.8) is 0 Å². The van der Waals surface area contributed by atoms with E-state index in [1.807, 2.05) is 31.4 Å². The van der Waals surface area contributed by atoms with E-state index >= 15 is 0 Å². The van der Waals surface area contributed by atoms with E-state index < -0.39 is 0 Å². The number of pyridine rings is 1. The normalized spacial score (nSPS) is 12.0. The van der Waals surface area contributed by atoms with Crippen LogP contribution < -0.4 is 10.6 Å². The molecule has 0 unspecified atom stereocenters. The maximum Gasteiger partial charge on any atom is 0.166 e. The molecule has 0 aliphatic carbocycles. The molecular formula is C15H14ClN3OS. The fourth-order valence-corrected chi connectivity index (χ4v) is 3.10. The molecule has 0 amide bonds. The van der Waals surface area contributed by atoms with Crippen molar-refractivity contribution in [2.24, 2.45) is 0 Å². The number of nitrogens with zero attached hydrogens (tertiary/aromatic N) is 1. The van der Waals surface area contributed by atoms with Crippen molar-refractivity contribution in [2.75, 3.05) is 16.9 Å². The van der Waals surface area contributed by atoms with E-state index in [-0.39, 0.29) is 5.78 Å². The molecule has 2 N–H and O–H groups in total. The van der Waals surface area contributed by atoms with Crippen LogP contribution in [0.25, 0.3) is 0 Å². The second kappa shape index (κ2) is 5.58. The Kier molecular flexibility index (Phi) is 3.78. The molecule has 0 radical (unpaired) electrons. The standard InChI is InChI=1S/C15H14ClN3OS/c1-3-10(20)8-7-17-15(16)14-12(8)19-13-9(18-14)5-4-6-11(13)21-2/h4-7,18-19H,3H2,1-2H3. The monoisotopic (exact) mass is 319 g/mol. The van der Waals surface area contributed by atoms with Crippen LogP contribution in [-0.2, 0) is 0 Å². The summed E-state index contributed by atoms with van der Waals surface area (Å²) in [5, 5.41) is 6.99. The van der Waals surface area contributed by atoms with Gasteiger partial charge in [0.2, 0.25) is 0 Å². The van der Waals surface area contributed by atoms with Crippen LogP contribution in [0.5, 0.6) is 0 Å². The molecule has 0 atom stereocenters. The van der Waals surface area contributed by atoms with Crippen molar-refractivity contribution < 1.29 is 4.79 Å². The van der Waals surface area contributed by atoms with E-state index in [1.54, 1.807) is 11.8 Å². The van der Waals surface area contributed by atoms with Gasteiger partial charge in [-0.2, -0.15) is 0 Å². The topological polar surface area (TPSA) is 54.0 Å². The lowest BCUT2D eigenvalue weighted by Gasteiger charge is -2.26. The molecule has 3 rings (SSSR count). The largest absolute Gasteiger partial charge is 0.350 e. The number of para-hydroxylation sites is 1. The summed E-state index contributed by atoms with van der Waals surface area (Å²) in [6.07, 6.45) is 3.98. The smallest absolute Gasteiger partial charge is 0.166 e. The fraction of sp³-hybridized carbons (Fsp3) is 0.200. The Hall–Kier alpha value is -1.72. The van der Waals surface area contributed by atoms with Gasteiger partial charge in [-0.3, -0.25) is 4.79 Å². The second-order valence-electron chi connectivity index (χ2n) is 4.62. The summed E-state index contributed by atoms with van der Waals surface area (Å²) in [5.74, 6) is 0.0369. The van der Waals surface area contributed by atoms with Crippen LogP contribution in [0.4, 0.5) is 22.7 Å². The number of halogens is 1. The lowest BCUT2D eigenvalue weighted by atomic mass is 10.1. The van der Waals surface area contributed by atoms with Crippen molar-refractivity contribution in [1.82, 2.24) is 4.98 Å². The first-order valence-electron chi connectivity index (χ1n) is 6.58. The van der Waals surface area contributed by atoms with Gasteiger partial charge in [-0.25, -0.2) is 4.98 Å². The lowest BCUT2D eigenvalue weighted by molar-refractivity contribution is 0.0988. The first kappa shape index (κ1) is 14.2. The van der Waals surface area contributed by atoms with Crippen LogP contribution in [0.1, 0.15) is 23.7 Å². The van der Waals surface area contributed by atoms with Gasteiger partial charge in [0, 0.05) is 17.5 Å². The Balaban J connectivity index is 2.17. The van der Waals surface area contributed by atoms with Gasteiger partial charge >= 0.3 is 0 Å². The van der Waals surface area contributed by atoms with Gasteiger partial charge < -0.3 is 10.6 Å². The number of aromatic nitrogens is 1. The van der Waals surface area contributed by atoms with Gasteiger partial charge in [-0.15, -0.1) is 11.8 Å². The highest BCUT2D eigenvalue weighted by atomic mass is 35.5. The average Bonchev–Trinajstić information content (AvgIpc) is 2.52. The van der Waals surface area contributed by atoms with Crippen LogP contribution in [0, 0.1) is 0 Å². The maximum absolute atomic E-state index is 12.1. The highest BCUT2D eigenvalue weighted by Crippen LogP contribution is 2.46. The van der Waals surface area contributed by atoms with E-state index in [1.165, 1.54) is 6.20 Å². The molecule has 0 saturated carbocycles. The first-order valence-corrected chi connectivity index (χ1v) is 8.18. The summed E-state index contributed by atoms with van der Waals surface area (Å²) >= 11 is 7.82. The van der Waals surface area contributed by atoms with Gasteiger partial charge in [-0.1, -0.05) is 24.6 Å². The molecule has 1 aromatic heterocycles. The van der Waals surface area contributed by atoms with Crippen LogP contribution >= 0.6 is 23.4 Å². The SMILES string of the molecule is CCC(=O)c1cnc(Cl)c2c1Nc1c(cccc1SC)N2. The molecule has 0 bridgehead atoms. The number of anilines is 4. The van der Waals surface area contributed by atoms with Crippen LogP contribution in [0.15, 0.2) is 29.3 Å². The predicted molar refractivity (Wildman–Crippen MR) is 88.7 cm³/mol. The molecule has 2 aromatic rings. The molecular weight excluding hydrogens is 306 g/mol. The van der Waals surface area contributed by atoms with Crippen molar-refractivity contribution in [2.45, 2.75) is 18.2 Å². The molecule has 1 aliphatic rings. The molecule has 108 valence electrons. The minimum absolute atomic E-state index is 0.0369. The molecule has 1 aromatic carbocycles.